The highest BCUT2D eigenvalue weighted by atomic mass is 16.6. The number of aliphatic hydroxyl groups is 4. The Balaban J connectivity index is 3.12. The average molecular weight is 390 g/mol. The molecule has 1 fully saturated rings. The Labute approximate surface area is 163 Å². The highest BCUT2D eigenvalue weighted by Crippen LogP contribution is 2.29. The molecule has 1 aliphatic heterocycles. The van der Waals surface area contributed by atoms with E-state index in [1.807, 2.05) is 0 Å². The molecule has 0 radical (unpaired) electrons. The molecule has 7 heteroatoms. The Morgan fingerprint density at radius 3 is 2.33 bits per heavy atom. The van der Waals surface area contributed by atoms with E-state index < -0.39 is 47.4 Å². The zero-order chi connectivity index (χ0) is 21.0. The second kappa shape index (κ2) is 9.65. The fraction of sp³-hybridized carbons (Fsp3) is 0.950. The molecular formula is C20H39NO6. The van der Waals surface area contributed by atoms with Crippen molar-refractivity contribution in [1.82, 2.24) is 5.32 Å². The first-order chi connectivity index (χ1) is 12.3. The van der Waals surface area contributed by atoms with Gasteiger partial charge in [-0.15, -0.1) is 0 Å². The van der Waals surface area contributed by atoms with E-state index in [9.17, 15) is 25.2 Å². The third kappa shape index (κ3) is 6.39. The van der Waals surface area contributed by atoms with Crippen LogP contribution < -0.4 is 5.32 Å². The molecule has 5 N–H and O–H groups in total. The van der Waals surface area contributed by atoms with Crippen LogP contribution in [0.1, 0.15) is 67.2 Å². The highest BCUT2D eigenvalue weighted by molar-refractivity contribution is 5.73. The van der Waals surface area contributed by atoms with Gasteiger partial charge in [-0.05, 0) is 65.8 Å². The SMILES string of the molecule is CC[C@H]1OC(=O)[C@H](C)[C@@H](O)[C@H](C)C[C@@](C)(O)CCCN[C@H](C)[C@@H](O)[C@]1(C)O. The molecule has 27 heavy (non-hydrogen) atoms. The molecule has 1 saturated heterocycles. The molecule has 0 aliphatic carbocycles. The van der Waals surface area contributed by atoms with Gasteiger partial charge in [-0.3, -0.25) is 4.79 Å². The molecule has 1 rings (SSSR count). The van der Waals surface area contributed by atoms with Crippen LogP contribution in [0.5, 0.6) is 0 Å². The molecule has 0 aromatic carbocycles. The molecule has 8 atom stereocenters. The van der Waals surface area contributed by atoms with Crippen molar-refractivity contribution in [2.45, 2.75) is 103 Å². The standard InChI is InChI=1S/C20H39NO6/c1-7-15-20(6,26)17(23)14(4)21-10-8-9-19(5,25)11-12(2)16(22)13(3)18(24)27-15/h12-17,21-23,25-26H,7-11H2,1-6H3/t12-,13-,14-,15-,16+,17-,19+,20-/m1/s1. The Kier molecular flexibility index (Phi) is 8.69. The number of cyclic esters (lactones) is 1. The third-order valence-electron chi connectivity index (χ3n) is 5.94. The lowest BCUT2D eigenvalue weighted by molar-refractivity contribution is -0.189. The number of nitrogens with one attached hydrogen (secondary N) is 1. The van der Waals surface area contributed by atoms with Crippen LogP contribution >= 0.6 is 0 Å². The van der Waals surface area contributed by atoms with E-state index in [1.165, 1.54) is 6.92 Å². The zero-order valence-corrected chi connectivity index (χ0v) is 17.6. The molecule has 0 aromatic rings. The second-order valence-electron chi connectivity index (χ2n) is 8.81. The summed E-state index contributed by atoms with van der Waals surface area (Å²) < 4.78 is 5.49. The van der Waals surface area contributed by atoms with Crippen molar-refractivity contribution in [3.05, 3.63) is 0 Å². The van der Waals surface area contributed by atoms with E-state index >= 15 is 0 Å². The number of ether oxygens (including phenoxy) is 1. The summed E-state index contributed by atoms with van der Waals surface area (Å²) in [4.78, 5) is 12.6. The normalized spacial score (nSPS) is 46.2. The van der Waals surface area contributed by atoms with Gasteiger partial charge in [-0.2, -0.15) is 0 Å². The van der Waals surface area contributed by atoms with Crippen LogP contribution in [-0.4, -0.2) is 68.5 Å². The van der Waals surface area contributed by atoms with Gasteiger partial charge in [-0.1, -0.05) is 13.8 Å². The molecule has 1 heterocycles. The molecule has 0 saturated carbocycles. The molecule has 7 nitrogen and oxygen atoms in total. The third-order valence-corrected chi connectivity index (χ3v) is 5.94. The molecule has 1 aliphatic rings. The predicted molar refractivity (Wildman–Crippen MR) is 103 cm³/mol. The van der Waals surface area contributed by atoms with Crippen LogP contribution in [0.2, 0.25) is 0 Å². The maximum atomic E-state index is 12.6. The second-order valence-corrected chi connectivity index (χ2v) is 8.81. The Hall–Kier alpha value is -0.730. The lowest BCUT2D eigenvalue weighted by Gasteiger charge is -2.39. The number of esters is 1. The van der Waals surface area contributed by atoms with Crippen molar-refractivity contribution in [2.24, 2.45) is 11.8 Å². The fourth-order valence-corrected chi connectivity index (χ4v) is 4.02. The van der Waals surface area contributed by atoms with Crippen molar-refractivity contribution < 1.29 is 30.0 Å². The quantitative estimate of drug-likeness (QED) is 0.424. The summed E-state index contributed by atoms with van der Waals surface area (Å²) in [5.41, 5.74) is -2.61. The van der Waals surface area contributed by atoms with Crippen LogP contribution in [0, 0.1) is 11.8 Å². The topological polar surface area (TPSA) is 119 Å². The van der Waals surface area contributed by atoms with E-state index in [1.54, 1.807) is 34.6 Å². The van der Waals surface area contributed by atoms with Crippen molar-refractivity contribution in [3.8, 4) is 0 Å². The van der Waals surface area contributed by atoms with Gasteiger partial charge in [-0.25, -0.2) is 0 Å². The first-order valence-electron chi connectivity index (χ1n) is 10.1. The van der Waals surface area contributed by atoms with Gasteiger partial charge in [0.25, 0.3) is 0 Å². The highest BCUT2D eigenvalue weighted by Gasteiger charge is 2.44. The summed E-state index contributed by atoms with van der Waals surface area (Å²) in [7, 11) is 0. The molecule has 0 bridgehead atoms. The monoisotopic (exact) mass is 389 g/mol. The molecule has 0 unspecified atom stereocenters. The van der Waals surface area contributed by atoms with Crippen molar-refractivity contribution in [1.29, 1.82) is 0 Å². The van der Waals surface area contributed by atoms with Crippen LogP contribution in [0.25, 0.3) is 0 Å². The van der Waals surface area contributed by atoms with Gasteiger partial charge >= 0.3 is 5.97 Å². The van der Waals surface area contributed by atoms with Crippen LogP contribution in [0.15, 0.2) is 0 Å². The van der Waals surface area contributed by atoms with Gasteiger partial charge in [0.15, 0.2) is 0 Å². The zero-order valence-electron chi connectivity index (χ0n) is 17.6. The van der Waals surface area contributed by atoms with Crippen molar-refractivity contribution in [3.63, 3.8) is 0 Å². The van der Waals surface area contributed by atoms with Crippen molar-refractivity contribution in [2.75, 3.05) is 6.54 Å². The predicted octanol–water partition coefficient (Wildman–Crippen LogP) is 0.966. The molecular weight excluding hydrogens is 350 g/mol. The van der Waals surface area contributed by atoms with Crippen LogP contribution in [0.3, 0.4) is 0 Å². The largest absolute Gasteiger partial charge is 0.459 e. The minimum atomic E-state index is -1.64. The summed E-state index contributed by atoms with van der Waals surface area (Å²) in [6.07, 6.45) is -1.14. The number of hydrogen-bond donors (Lipinski definition) is 5. The van der Waals surface area contributed by atoms with Crippen molar-refractivity contribution >= 4 is 5.97 Å². The van der Waals surface area contributed by atoms with E-state index in [0.717, 1.165) is 0 Å². The maximum absolute atomic E-state index is 12.6. The summed E-state index contributed by atoms with van der Waals surface area (Å²) in [6.45, 7) is 10.7. The lowest BCUT2D eigenvalue weighted by Crippen LogP contribution is -2.58. The number of rotatable bonds is 1. The van der Waals surface area contributed by atoms with Gasteiger partial charge in [0.1, 0.15) is 17.8 Å². The maximum Gasteiger partial charge on any atom is 0.311 e. The van der Waals surface area contributed by atoms with E-state index in [2.05, 4.69) is 5.32 Å². The smallest absolute Gasteiger partial charge is 0.311 e. The summed E-state index contributed by atoms with van der Waals surface area (Å²) in [5.74, 6) is -1.73. The molecule has 0 aromatic heterocycles. The summed E-state index contributed by atoms with van der Waals surface area (Å²) in [5, 5.41) is 45.8. The first-order valence-corrected chi connectivity index (χ1v) is 10.1. The van der Waals surface area contributed by atoms with Gasteiger partial charge in [0.05, 0.1) is 17.6 Å². The molecule has 0 amide bonds. The molecule has 160 valence electrons. The first kappa shape index (κ1) is 24.3. The van der Waals surface area contributed by atoms with Gasteiger partial charge in [0, 0.05) is 6.04 Å². The fourth-order valence-electron chi connectivity index (χ4n) is 4.02. The number of carbonyl (C=O) groups is 1. The van der Waals surface area contributed by atoms with Crippen LogP contribution in [-0.2, 0) is 9.53 Å². The minimum absolute atomic E-state index is 0.300. The van der Waals surface area contributed by atoms with Gasteiger partial charge < -0.3 is 30.5 Å². The van der Waals surface area contributed by atoms with Crippen LogP contribution in [0.4, 0.5) is 0 Å². The number of carbonyl (C=O) groups excluding carboxylic acids is 1. The Bertz CT molecular complexity index is 481. The lowest BCUT2D eigenvalue weighted by atomic mass is 9.83. The summed E-state index contributed by atoms with van der Waals surface area (Å²) in [6, 6.07) is -0.426. The molecule has 0 spiro atoms. The minimum Gasteiger partial charge on any atom is -0.459 e. The van der Waals surface area contributed by atoms with Gasteiger partial charge in [0.2, 0.25) is 0 Å². The van der Waals surface area contributed by atoms with E-state index in [4.69, 9.17) is 4.74 Å². The Morgan fingerprint density at radius 1 is 1.19 bits per heavy atom. The average Bonchev–Trinajstić information content (AvgIpc) is 2.59. The Morgan fingerprint density at radius 2 is 1.78 bits per heavy atom. The summed E-state index contributed by atoms with van der Waals surface area (Å²) >= 11 is 0. The van der Waals surface area contributed by atoms with E-state index in [0.29, 0.717) is 32.2 Å². The number of aliphatic hydroxyl groups excluding tert-OH is 2. The van der Waals surface area contributed by atoms with E-state index in [-0.39, 0.29) is 5.92 Å². The number of hydrogen-bond acceptors (Lipinski definition) is 7.